The third-order valence-electron chi connectivity index (χ3n) is 1.80. The van der Waals surface area contributed by atoms with Gasteiger partial charge in [0.2, 0.25) is 0 Å². The van der Waals surface area contributed by atoms with Crippen LogP contribution in [0.5, 0.6) is 0 Å². The molecule has 0 heterocycles. The van der Waals surface area contributed by atoms with E-state index >= 15 is 0 Å². The fourth-order valence-electron chi connectivity index (χ4n) is 1.20. The van der Waals surface area contributed by atoms with Crippen molar-refractivity contribution in [3.8, 4) is 0 Å². The molecule has 0 bridgehead atoms. The van der Waals surface area contributed by atoms with Gasteiger partial charge in [0.1, 0.15) is 0 Å². The zero-order chi connectivity index (χ0) is 6.69. The normalized spacial score (nSPS) is 36.7. The molecule has 0 saturated heterocycles. The Bertz CT molecular complexity index is 87.1. The Morgan fingerprint density at radius 3 is 2.44 bits per heavy atom. The van der Waals surface area contributed by atoms with E-state index in [2.05, 4.69) is 11.7 Å². The molecule has 0 aromatic carbocycles. The topological polar surface area (TPSA) is 20.2 Å². The van der Waals surface area contributed by atoms with Crippen LogP contribution in [0, 0.1) is 0 Å². The van der Waals surface area contributed by atoms with E-state index in [9.17, 15) is 5.11 Å². The van der Waals surface area contributed by atoms with E-state index in [1.807, 2.05) is 0 Å². The molecular weight excluding hydrogens is 152 g/mol. The van der Waals surface area contributed by atoms with Crippen LogP contribution in [-0.4, -0.2) is 16.5 Å². The van der Waals surface area contributed by atoms with E-state index in [4.69, 9.17) is 0 Å². The molecule has 0 aliphatic heterocycles. The molecular formula is C6H12OS2. The van der Waals surface area contributed by atoms with Crippen LogP contribution in [0.3, 0.4) is 0 Å². The van der Waals surface area contributed by atoms with Crippen molar-refractivity contribution in [2.75, 3.05) is 0 Å². The summed E-state index contributed by atoms with van der Waals surface area (Å²) in [5, 5.41) is 9.69. The van der Waals surface area contributed by atoms with E-state index < -0.39 is 0 Å². The molecule has 0 aromatic rings. The van der Waals surface area contributed by atoms with Gasteiger partial charge < -0.3 is 5.11 Å². The summed E-state index contributed by atoms with van der Waals surface area (Å²) in [6.07, 6.45) is 4.45. The van der Waals surface area contributed by atoms with Crippen molar-refractivity contribution >= 4 is 22.5 Å². The lowest BCUT2D eigenvalue weighted by Crippen LogP contribution is -2.25. The lowest BCUT2D eigenvalue weighted by Gasteiger charge is -2.24. The minimum atomic E-state index is -0.0961. The minimum absolute atomic E-state index is 0.0961. The number of thiol groups is 1. The number of aliphatic hydroxyl groups excluding tert-OH is 1. The average molecular weight is 164 g/mol. The Labute approximate surface area is 65.0 Å². The Morgan fingerprint density at radius 2 is 2.00 bits per heavy atom. The number of rotatable bonds is 1. The predicted molar refractivity (Wildman–Crippen MR) is 44.8 cm³/mol. The highest BCUT2D eigenvalue weighted by Gasteiger charge is 2.21. The van der Waals surface area contributed by atoms with Crippen molar-refractivity contribution in [1.29, 1.82) is 0 Å². The van der Waals surface area contributed by atoms with Crippen molar-refractivity contribution < 1.29 is 5.11 Å². The lowest BCUT2D eigenvalue weighted by atomic mass is 9.97. The second kappa shape index (κ2) is 3.74. The highest BCUT2D eigenvalue weighted by molar-refractivity contribution is 8.68. The van der Waals surface area contributed by atoms with E-state index in [1.165, 1.54) is 23.6 Å². The van der Waals surface area contributed by atoms with Gasteiger partial charge in [-0.3, -0.25) is 0 Å². The van der Waals surface area contributed by atoms with Gasteiger partial charge in [-0.25, -0.2) is 0 Å². The molecule has 0 spiro atoms. The highest BCUT2D eigenvalue weighted by Crippen LogP contribution is 2.30. The highest BCUT2D eigenvalue weighted by atomic mass is 33.1. The fourth-order valence-corrected chi connectivity index (χ4v) is 2.49. The zero-order valence-electron chi connectivity index (χ0n) is 5.29. The SMILES string of the molecule is OC1CCCCC1SS. The summed E-state index contributed by atoms with van der Waals surface area (Å²) in [6.45, 7) is 0. The molecule has 54 valence electrons. The lowest BCUT2D eigenvalue weighted by molar-refractivity contribution is 0.137. The van der Waals surface area contributed by atoms with E-state index in [0.29, 0.717) is 5.25 Å². The number of hydrogen-bond acceptors (Lipinski definition) is 3. The molecule has 3 heteroatoms. The molecule has 1 rings (SSSR count). The van der Waals surface area contributed by atoms with Gasteiger partial charge in [0, 0.05) is 5.25 Å². The van der Waals surface area contributed by atoms with Gasteiger partial charge in [-0.2, -0.15) is 0 Å². The smallest absolute Gasteiger partial charge is 0.0667 e. The van der Waals surface area contributed by atoms with Crippen LogP contribution in [-0.2, 0) is 0 Å². The van der Waals surface area contributed by atoms with Gasteiger partial charge in [-0.15, -0.1) is 11.7 Å². The van der Waals surface area contributed by atoms with Gasteiger partial charge in [-0.05, 0) is 12.8 Å². The summed E-state index contributed by atoms with van der Waals surface area (Å²) >= 11 is 4.08. The molecule has 1 saturated carbocycles. The molecule has 0 radical (unpaired) electrons. The van der Waals surface area contributed by atoms with Crippen LogP contribution >= 0.6 is 22.5 Å². The standard InChI is InChI=1S/C6H12OS2/c7-5-3-1-2-4-6(5)9-8/h5-8H,1-4H2. The predicted octanol–water partition coefficient (Wildman–Crippen LogP) is 1.87. The van der Waals surface area contributed by atoms with E-state index in [0.717, 1.165) is 12.8 Å². The summed E-state index contributed by atoms with van der Waals surface area (Å²) in [6, 6.07) is 0. The van der Waals surface area contributed by atoms with Crippen LogP contribution in [0.4, 0.5) is 0 Å². The number of aliphatic hydroxyl groups is 1. The van der Waals surface area contributed by atoms with E-state index in [-0.39, 0.29) is 6.10 Å². The van der Waals surface area contributed by atoms with Crippen LogP contribution in [0.1, 0.15) is 25.7 Å². The first-order valence-corrected chi connectivity index (χ1v) is 5.26. The van der Waals surface area contributed by atoms with Crippen LogP contribution in [0.15, 0.2) is 0 Å². The van der Waals surface area contributed by atoms with Gasteiger partial charge in [0.05, 0.1) is 6.10 Å². The van der Waals surface area contributed by atoms with Crippen molar-refractivity contribution in [2.24, 2.45) is 0 Å². The Hall–Kier alpha value is 0.660. The van der Waals surface area contributed by atoms with Crippen LogP contribution in [0.25, 0.3) is 0 Å². The first kappa shape index (κ1) is 7.76. The molecule has 1 fully saturated rings. The van der Waals surface area contributed by atoms with Crippen molar-refractivity contribution in [2.45, 2.75) is 37.0 Å². The monoisotopic (exact) mass is 164 g/mol. The molecule has 1 aliphatic carbocycles. The second-order valence-electron chi connectivity index (χ2n) is 2.50. The fraction of sp³-hybridized carbons (Fsp3) is 1.00. The summed E-state index contributed by atoms with van der Waals surface area (Å²) in [4.78, 5) is 0. The largest absolute Gasteiger partial charge is 0.392 e. The number of hydrogen-bond donors (Lipinski definition) is 2. The third-order valence-corrected chi connectivity index (χ3v) is 3.44. The summed E-state index contributed by atoms with van der Waals surface area (Å²) in [5.41, 5.74) is 0. The van der Waals surface area contributed by atoms with Gasteiger partial charge >= 0.3 is 0 Å². The first-order valence-electron chi connectivity index (χ1n) is 3.33. The minimum Gasteiger partial charge on any atom is -0.392 e. The molecule has 2 unspecified atom stereocenters. The molecule has 1 N–H and O–H groups in total. The summed E-state index contributed by atoms with van der Waals surface area (Å²) in [5.74, 6) is 0. The maximum absolute atomic E-state index is 9.30. The van der Waals surface area contributed by atoms with E-state index in [1.54, 1.807) is 0 Å². The Kier molecular flexibility index (Phi) is 3.22. The maximum Gasteiger partial charge on any atom is 0.0667 e. The van der Waals surface area contributed by atoms with Crippen LogP contribution < -0.4 is 0 Å². The Morgan fingerprint density at radius 1 is 1.33 bits per heavy atom. The molecule has 9 heavy (non-hydrogen) atoms. The molecule has 2 atom stereocenters. The van der Waals surface area contributed by atoms with Crippen molar-refractivity contribution in [3.63, 3.8) is 0 Å². The molecule has 0 amide bonds. The maximum atomic E-state index is 9.30. The Balaban J connectivity index is 2.30. The van der Waals surface area contributed by atoms with Gasteiger partial charge in [0.25, 0.3) is 0 Å². The molecule has 0 aromatic heterocycles. The average Bonchev–Trinajstić information content (AvgIpc) is 1.89. The third kappa shape index (κ3) is 2.06. The summed E-state index contributed by atoms with van der Waals surface area (Å²) < 4.78 is 0. The van der Waals surface area contributed by atoms with Gasteiger partial charge in [0.15, 0.2) is 0 Å². The molecule has 1 nitrogen and oxygen atoms in total. The quantitative estimate of drug-likeness (QED) is 0.456. The first-order chi connectivity index (χ1) is 4.34. The van der Waals surface area contributed by atoms with Crippen molar-refractivity contribution in [1.82, 2.24) is 0 Å². The summed E-state index contributed by atoms with van der Waals surface area (Å²) in [7, 11) is 1.50. The zero-order valence-corrected chi connectivity index (χ0v) is 7.00. The van der Waals surface area contributed by atoms with Crippen LogP contribution in [0.2, 0.25) is 0 Å². The van der Waals surface area contributed by atoms with Crippen molar-refractivity contribution in [3.05, 3.63) is 0 Å². The van der Waals surface area contributed by atoms with Gasteiger partial charge in [-0.1, -0.05) is 23.6 Å². The second-order valence-corrected chi connectivity index (χ2v) is 3.94. The molecule has 1 aliphatic rings.